The summed E-state index contributed by atoms with van der Waals surface area (Å²) in [6, 6.07) is 9.02. The Morgan fingerprint density at radius 1 is 1.17 bits per heavy atom. The van der Waals surface area contributed by atoms with Crippen molar-refractivity contribution in [2.75, 3.05) is 39.3 Å². The van der Waals surface area contributed by atoms with Crippen molar-refractivity contribution >= 4 is 11.9 Å². The van der Waals surface area contributed by atoms with Crippen molar-refractivity contribution in [2.45, 2.75) is 58.5 Å². The van der Waals surface area contributed by atoms with Gasteiger partial charge in [0.1, 0.15) is 0 Å². The summed E-state index contributed by atoms with van der Waals surface area (Å²) in [6.45, 7) is 10.7. The highest BCUT2D eigenvalue weighted by molar-refractivity contribution is 5.80. The second kappa shape index (κ2) is 11.2. The third kappa shape index (κ3) is 6.20. The minimum atomic E-state index is 0.257. The van der Waals surface area contributed by atoms with E-state index >= 15 is 0 Å². The molecule has 0 bridgehead atoms. The van der Waals surface area contributed by atoms with E-state index < -0.39 is 0 Å². The van der Waals surface area contributed by atoms with E-state index in [1.165, 1.54) is 30.5 Å². The zero-order chi connectivity index (χ0) is 20.5. The van der Waals surface area contributed by atoms with Gasteiger partial charge in [0.25, 0.3) is 0 Å². The molecule has 29 heavy (non-hydrogen) atoms. The van der Waals surface area contributed by atoms with Crippen molar-refractivity contribution in [3.63, 3.8) is 0 Å². The zero-order valence-electron chi connectivity index (χ0n) is 18.1. The number of benzene rings is 1. The number of hydrogen-bond acceptors (Lipinski definition) is 3. The smallest absolute Gasteiger partial charge is 0.222 e. The molecule has 6 nitrogen and oxygen atoms in total. The van der Waals surface area contributed by atoms with Gasteiger partial charge in [-0.15, -0.1) is 0 Å². The minimum Gasteiger partial charge on any atom is -0.357 e. The lowest BCUT2D eigenvalue weighted by Crippen LogP contribution is -2.40. The highest BCUT2D eigenvalue weighted by Gasteiger charge is 2.22. The lowest BCUT2D eigenvalue weighted by atomic mass is 9.99. The molecular formula is C23H37N5O. The SMILES string of the molecule is CCNC(=NCC1CCCN1CC)NCCCC(=O)N1CCc2ccccc2C1. The number of aliphatic imine (C=N–C) groups is 1. The number of carbonyl (C=O) groups is 1. The van der Waals surface area contributed by atoms with Gasteiger partial charge in [0.15, 0.2) is 5.96 Å². The molecule has 0 radical (unpaired) electrons. The van der Waals surface area contributed by atoms with E-state index in [4.69, 9.17) is 4.99 Å². The Morgan fingerprint density at radius 3 is 2.79 bits per heavy atom. The molecule has 1 amide bonds. The van der Waals surface area contributed by atoms with Gasteiger partial charge in [-0.2, -0.15) is 0 Å². The van der Waals surface area contributed by atoms with Gasteiger partial charge in [0, 0.05) is 38.6 Å². The Bertz CT molecular complexity index is 690. The van der Waals surface area contributed by atoms with Crippen LogP contribution in [0.3, 0.4) is 0 Å². The van der Waals surface area contributed by atoms with Gasteiger partial charge in [0.05, 0.1) is 6.54 Å². The average Bonchev–Trinajstić information content (AvgIpc) is 3.22. The van der Waals surface area contributed by atoms with Crippen LogP contribution in [-0.2, 0) is 17.8 Å². The molecule has 0 spiro atoms. The van der Waals surface area contributed by atoms with Crippen molar-refractivity contribution in [1.82, 2.24) is 20.4 Å². The lowest BCUT2D eigenvalue weighted by molar-refractivity contribution is -0.132. The molecule has 1 saturated heterocycles. The molecule has 0 saturated carbocycles. The fourth-order valence-electron chi connectivity index (χ4n) is 4.37. The highest BCUT2D eigenvalue weighted by atomic mass is 16.2. The monoisotopic (exact) mass is 399 g/mol. The standard InChI is InChI=1S/C23H37N5O/c1-3-24-23(26-17-21-11-8-15-27(21)4-2)25-14-7-12-22(29)28-16-13-19-9-5-6-10-20(19)18-28/h5-6,9-10,21H,3-4,7-8,11-18H2,1-2H3,(H2,24,25,26). The molecule has 160 valence electrons. The maximum Gasteiger partial charge on any atom is 0.222 e. The number of nitrogens with zero attached hydrogens (tertiary/aromatic N) is 3. The Balaban J connectivity index is 1.39. The van der Waals surface area contributed by atoms with Gasteiger partial charge >= 0.3 is 0 Å². The molecule has 2 aliphatic rings. The Kier molecular flexibility index (Phi) is 8.35. The number of likely N-dealkylation sites (tertiary alicyclic amines) is 1. The largest absolute Gasteiger partial charge is 0.357 e. The molecule has 0 aromatic heterocycles. The Morgan fingerprint density at radius 2 is 2.00 bits per heavy atom. The normalized spacial score (nSPS) is 19.9. The first kappa shape index (κ1) is 21.6. The molecule has 1 aromatic rings. The zero-order valence-corrected chi connectivity index (χ0v) is 18.1. The van der Waals surface area contributed by atoms with Crippen LogP contribution in [0.1, 0.15) is 50.7 Å². The number of likely N-dealkylation sites (N-methyl/N-ethyl adjacent to an activating group) is 1. The maximum atomic E-state index is 12.6. The van der Waals surface area contributed by atoms with E-state index in [9.17, 15) is 4.79 Å². The predicted molar refractivity (Wildman–Crippen MR) is 119 cm³/mol. The summed E-state index contributed by atoms with van der Waals surface area (Å²) >= 11 is 0. The third-order valence-electron chi connectivity index (χ3n) is 6.05. The quantitative estimate of drug-likeness (QED) is 0.400. The van der Waals surface area contributed by atoms with Gasteiger partial charge in [-0.05, 0) is 56.8 Å². The van der Waals surface area contributed by atoms with Crippen LogP contribution in [0.15, 0.2) is 29.3 Å². The van der Waals surface area contributed by atoms with Crippen molar-refractivity contribution in [2.24, 2.45) is 4.99 Å². The first-order valence-electron chi connectivity index (χ1n) is 11.3. The number of carbonyl (C=O) groups excluding carboxylic acids is 1. The number of amides is 1. The number of fused-ring (bicyclic) bond motifs is 1. The number of hydrogen-bond donors (Lipinski definition) is 2. The first-order chi connectivity index (χ1) is 14.2. The van der Waals surface area contributed by atoms with E-state index in [-0.39, 0.29) is 5.91 Å². The van der Waals surface area contributed by atoms with Crippen LogP contribution in [-0.4, -0.2) is 67.0 Å². The van der Waals surface area contributed by atoms with E-state index in [1.807, 2.05) is 4.90 Å². The summed E-state index contributed by atoms with van der Waals surface area (Å²) in [7, 11) is 0. The Labute approximate surface area is 175 Å². The van der Waals surface area contributed by atoms with Crippen LogP contribution in [0, 0.1) is 0 Å². The molecule has 0 aliphatic carbocycles. The second-order valence-electron chi connectivity index (χ2n) is 8.01. The van der Waals surface area contributed by atoms with E-state index in [2.05, 4.69) is 53.6 Å². The summed E-state index contributed by atoms with van der Waals surface area (Å²) in [5, 5.41) is 6.73. The van der Waals surface area contributed by atoms with Crippen LogP contribution in [0.4, 0.5) is 0 Å². The first-order valence-corrected chi connectivity index (χ1v) is 11.3. The topological polar surface area (TPSA) is 60.0 Å². The molecule has 3 rings (SSSR count). The lowest BCUT2D eigenvalue weighted by Gasteiger charge is -2.29. The van der Waals surface area contributed by atoms with Gasteiger partial charge in [0.2, 0.25) is 5.91 Å². The van der Waals surface area contributed by atoms with Crippen molar-refractivity contribution < 1.29 is 4.79 Å². The number of guanidine groups is 1. The van der Waals surface area contributed by atoms with Crippen molar-refractivity contribution in [3.05, 3.63) is 35.4 Å². The van der Waals surface area contributed by atoms with E-state index in [0.29, 0.717) is 12.5 Å². The molecule has 2 N–H and O–H groups in total. The number of rotatable bonds is 8. The molecule has 2 heterocycles. The molecule has 1 unspecified atom stereocenters. The third-order valence-corrected chi connectivity index (χ3v) is 6.05. The molecular weight excluding hydrogens is 362 g/mol. The summed E-state index contributed by atoms with van der Waals surface area (Å²) in [5.74, 6) is 1.13. The predicted octanol–water partition coefficient (Wildman–Crippen LogP) is 2.39. The second-order valence-corrected chi connectivity index (χ2v) is 8.01. The van der Waals surface area contributed by atoms with E-state index in [1.54, 1.807) is 0 Å². The number of nitrogens with one attached hydrogen (secondary N) is 2. The molecule has 2 aliphatic heterocycles. The summed E-state index contributed by atoms with van der Waals surface area (Å²) in [6.07, 6.45) is 4.89. The molecule has 1 atom stereocenters. The van der Waals surface area contributed by atoms with Gasteiger partial charge in [-0.3, -0.25) is 14.7 Å². The fourth-order valence-corrected chi connectivity index (χ4v) is 4.37. The van der Waals surface area contributed by atoms with Crippen molar-refractivity contribution in [1.29, 1.82) is 0 Å². The molecule has 1 aromatic carbocycles. The van der Waals surface area contributed by atoms with Crippen LogP contribution in [0.2, 0.25) is 0 Å². The minimum absolute atomic E-state index is 0.257. The van der Waals surface area contributed by atoms with Crippen molar-refractivity contribution in [3.8, 4) is 0 Å². The van der Waals surface area contributed by atoms with Gasteiger partial charge < -0.3 is 15.5 Å². The fraction of sp³-hybridized carbons (Fsp3) is 0.652. The van der Waals surface area contributed by atoms with Crippen LogP contribution >= 0.6 is 0 Å². The average molecular weight is 400 g/mol. The van der Waals surface area contributed by atoms with Crippen LogP contribution < -0.4 is 10.6 Å². The molecule has 1 fully saturated rings. The highest BCUT2D eigenvalue weighted by Crippen LogP contribution is 2.19. The summed E-state index contributed by atoms with van der Waals surface area (Å²) in [5.41, 5.74) is 2.67. The van der Waals surface area contributed by atoms with Crippen LogP contribution in [0.5, 0.6) is 0 Å². The summed E-state index contributed by atoms with van der Waals surface area (Å²) < 4.78 is 0. The van der Waals surface area contributed by atoms with Gasteiger partial charge in [-0.25, -0.2) is 0 Å². The molecule has 6 heteroatoms. The maximum absolute atomic E-state index is 12.6. The Hall–Kier alpha value is -2.08. The van der Waals surface area contributed by atoms with Gasteiger partial charge in [-0.1, -0.05) is 31.2 Å². The summed E-state index contributed by atoms with van der Waals surface area (Å²) in [4.78, 5) is 21.9. The van der Waals surface area contributed by atoms with Crippen LogP contribution in [0.25, 0.3) is 0 Å². The van der Waals surface area contributed by atoms with E-state index in [0.717, 1.165) is 58.1 Å².